The average Bonchev–Trinajstić information content (AvgIpc) is 2.47. The van der Waals surface area contributed by atoms with E-state index in [1.807, 2.05) is 13.8 Å². The Kier molecular flexibility index (Phi) is 6.47. The third kappa shape index (κ3) is 2.74. The van der Waals surface area contributed by atoms with Crippen LogP contribution in [-0.4, -0.2) is 11.8 Å². The Morgan fingerprint density at radius 3 is 1.64 bits per heavy atom. The van der Waals surface area contributed by atoms with Crippen LogP contribution in [0.4, 0.5) is 0 Å². The van der Waals surface area contributed by atoms with E-state index in [0.717, 1.165) is 0 Å². The monoisotopic (exact) mass is 215 g/mol. The molecule has 1 heterocycles. The first-order valence-electron chi connectivity index (χ1n) is 4.18. The van der Waals surface area contributed by atoms with Crippen molar-refractivity contribution in [2.24, 2.45) is 0 Å². The first-order chi connectivity index (χ1) is 6.29. The zero-order valence-corrected chi connectivity index (χ0v) is 11.7. The number of rotatable bonds is 0. The number of hydrogen-bond acceptors (Lipinski definition) is 2. The van der Waals surface area contributed by atoms with E-state index < -0.39 is 11.8 Å². The summed E-state index contributed by atoms with van der Waals surface area (Å²) >= 11 is 0. The van der Waals surface area contributed by atoms with Crippen LogP contribution in [0, 0.1) is 0 Å². The molecule has 4 heteroatoms. The summed E-state index contributed by atoms with van der Waals surface area (Å²) in [7, 11) is 0. The van der Waals surface area contributed by atoms with Gasteiger partial charge in [-0.15, -0.1) is 0 Å². The molecule has 2 amide bonds. The van der Waals surface area contributed by atoms with E-state index in [0.29, 0.717) is 11.1 Å². The van der Waals surface area contributed by atoms with Crippen LogP contribution in [-0.2, 0) is 0 Å². The largest absolute Gasteiger partial charge is 1.00 e. The van der Waals surface area contributed by atoms with Gasteiger partial charge in [-0.05, 0) is 0 Å². The van der Waals surface area contributed by atoms with E-state index in [9.17, 15) is 9.59 Å². The maximum absolute atomic E-state index is 10.9. The smallest absolute Gasteiger partial charge is 0.587 e. The van der Waals surface area contributed by atoms with Gasteiger partial charge in [-0.2, -0.15) is 0 Å². The maximum atomic E-state index is 10.9. The molecule has 0 radical (unpaired) electrons. The average molecular weight is 215 g/mol. The van der Waals surface area contributed by atoms with Gasteiger partial charge in [0, 0.05) is 11.1 Å². The molecule has 0 bridgehead atoms. The van der Waals surface area contributed by atoms with Crippen LogP contribution in [0.2, 0.25) is 0 Å². The summed E-state index contributed by atoms with van der Waals surface area (Å²) < 4.78 is 0. The fraction of sp³-hybridized carbons (Fsp3) is 0.200. The molecule has 14 heavy (non-hydrogen) atoms. The number of nitrogens with zero attached hydrogens (tertiary/aromatic N) is 1. The Bertz CT molecular complexity index is 317. The van der Waals surface area contributed by atoms with Gasteiger partial charge in [0.25, 0.3) is 0 Å². The second-order valence-corrected chi connectivity index (χ2v) is 2.27. The summed E-state index contributed by atoms with van der Waals surface area (Å²) in [6, 6.07) is 6.63. The molecule has 0 unspecified atom stereocenters. The SMILES string of the molecule is CC.O=C1[N-]C(=O)c2ccccc21.[K+]. The van der Waals surface area contributed by atoms with E-state index in [1.165, 1.54) is 0 Å². The van der Waals surface area contributed by atoms with Gasteiger partial charge < -0.3 is 14.9 Å². The Hall–Kier alpha value is -0.00364. The van der Waals surface area contributed by atoms with Crippen LogP contribution >= 0.6 is 0 Å². The molecule has 0 saturated carbocycles. The summed E-state index contributed by atoms with van der Waals surface area (Å²) in [6.45, 7) is 4.00. The molecule has 1 aliphatic heterocycles. The van der Waals surface area contributed by atoms with E-state index in [1.54, 1.807) is 24.3 Å². The second-order valence-electron chi connectivity index (χ2n) is 2.27. The fourth-order valence-electron chi connectivity index (χ4n) is 1.07. The molecule has 3 nitrogen and oxygen atoms in total. The van der Waals surface area contributed by atoms with E-state index in [4.69, 9.17) is 0 Å². The van der Waals surface area contributed by atoms with Crippen molar-refractivity contribution in [2.75, 3.05) is 0 Å². The van der Waals surface area contributed by atoms with Crippen molar-refractivity contribution in [1.82, 2.24) is 0 Å². The number of carbonyl (C=O) groups is 2. The predicted molar refractivity (Wildman–Crippen MR) is 49.8 cm³/mol. The quantitative estimate of drug-likeness (QED) is 0.428. The third-order valence-corrected chi connectivity index (χ3v) is 1.59. The van der Waals surface area contributed by atoms with Crippen LogP contribution in [0.1, 0.15) is 34.6 Å². The van der Waals surface area contributed by atoms with Crippen LogP contribution in [0.5, 0.6) is 0 Å². The molecule has 0 aromatic heterocycles. The van der Waals surface area contributed by atoms with Crippen molar-refractivity contribution in [1.29, 1.82) is 0 Å². The van der Waals surface area contributed by atoms with Gasteiger partial charge in [-0.1, -0.05) is 38.1 Å². The minimum Gasteiger partial charge on any atom is -0.587 e. The predicted octanol–water partition coefficient (Wildman–Crippen LogP) is -0.615. The van der Waals surface area contributed by atoms with Gasteiger partial charge in [0.15, 0.2) is 0 Å². The maximum Gasteiger partial charge on any atom is 1.00 e. The fourth-order valence-corrected chi connectivity index (χ4v) is 1.07. The molecule has 1 aromatic carbocycles. The van der Waals surface area contributed by atoms with Gasteiger partial charge in [0.1, 0.15) is 0 Å². The Labute approximate surface area is 126 Å². The van der Waals surface area contributed by atoms with Gasteiger partial charge in [-0.25, -0.2) is 0 Å². The third-order valence-electron chi connectivity index (χ3n) is 1.59. The molecular weight excluding hydrogens is 205 g/mol. The van der Waals surface area contributed by atoms with Gasteiger partial charge >= 0.3 is 51.4 Å². The van der Waals surface area contributed by atoms with Crippen LogP contribution in [0.25, 0.3) is 5.32 Å². The van der Waals surface area contributed by atoms with Crippen LogP contribution in [0.15, 0.2) is 24.3 Å². The molecule has 1 aliphatic rings. The minimum atomic E-state index is -0.425. The van der Waals surface area contributed by atoms with Crippen LogP contribution < -0.4 is 51.4 Å². The van der Waals surface area contributed by atoms with Gasteiger partial charge in [-0.3, -0.25) is 0 Å². The Morgan fingerprint density at radius 1 is 0.929 bits per heavy atom. The Morgan fingerprint density at radius 2 is 1.29 bits per heavy atom. The van der Waals surface area contributed by atoms with Crippen molar-refractivity contribution >= 4 is 11.8 Å². The molecule has 0 atom stereocenters. The summed E-state index contributed by atoms with van der Waals surface area (Å²) in [5.41, 5.74) is 0.829. The topological polar surface area (TPSA) is 48.2 Å². The number of amides is 2. The number of benzene rings is 1. The first kappa shape index (κ1) is 14.0. The molecule has 0 N–H and O–H groups in total. The summed E-state index contributed by atoms with van der Waals surface area (Å²) in [5.74, 6) is -0.851. The van der Waals surface area contributed by atoms with Crippen molar-refractivity contribution in [3.05, 3.63) is 40.7 Å². The summed E-state index contributed by atoms with van der Waals surface area (Å²) in [4.78, 5) is 21.8. The van der Waals surface area contributed by atoms with E-state index >= 15 is 0 Å². The van der Waals surface area contributed by atoms with Crippen molar-refractivity contribution in [3.8, 4) is 0 Å². The van der Waals surface area contributed by atoms with E-state index in [2.05, 4.69) is 5.32 Å². The van der Waals surface area contributed by atoms with Crippen molar-refractivity contribution < 1.29 is 61.0 Å². The number of carbonyl (C=O) groups excluding carboxylic acids is 2. The normalized spacial score (nSPS) is 11.9. The zero-order valence-electron chi connectivity index (χ0n) is 8.57. The first-order valence-corrected chi connectivity index (χ1v) is 4.18. The molecule has 0 fully saturated rings. The Balaban J connectivity index is 0.000000531. The van der Waals surface area contributed by atoms with E-state index in [-0.39, 0.29) is 51.4 Å². The number of fused-ring (bicyclic) bond motifs is 1. The molecule has 2 rings (SSSR count). The summed E-state index contributed by atoms with van der Waals surface area (Å²) in [6.07, 6.45) is 0. The van der Waals surface area contributed by atoms with Crippen molar-refractivity contribution in [3.63, 3.8) is 0 Å². The molecular formula is C10H10KNO2. The second kappa shape index (κ2) is 6.47. The number of hydrogen-bond donors (Lipinski definition) is 0. The minimum absolute atomic E-state index is 0. The van der Waals surface area contributed by atoms with Crippen molar-refractivity contribution in [2.45, 2.75) is 13.8 Å². The van der Waals surface area contributed by atoms with Gasteiger partial charge in [0.2, 0.25) is 0 Å². The van der Waals surface area contributed by atoms with Gasteiger partial charge in [0.05, 0.1) is 11.8 Å². The zero-order chi connectivity index (χ0) is 9.84. The molecule has 0 aliphatic carbocycles. The molecule has 0 saturated heterocycles. The summed E-state index contributed by atoms with van der Waals surface area (Å²) in [5, 5.41) is 3.28. The standard InChI is InChI=1S/C8H5NO2.C2H6.K/c10-7-5-3-1-2-4-6(5)8(11)9-7;1-2;/h1-4H,(H,9,10,11);1-2H3;/q;;+1/p-1. The number of imide groups is 1. The van der Waals surface area contributed by atoms with Crippen LogP contribution in [0.3, 0.4) is 0 Å². The molecule has 1 aromatic rings. The molecule has 68 valence electrons. The molecule has 0 spiro atoms.